The Labute approximate surface area is 194 Å². The standard InChI is InChI=1S/C11H11NO2.C10H12O.C3H6.C2H6.C2H4/c1-7(13)11-6-8-5-9(14-2)3-4-10(8)12-11;1-7-4-5-8(2)10(6-7)9(3)11;1-3-2;2*1-2/h3-6,12H,1-2H3;4-6H,1-3H3;3H,1H2,2H3;1-2H3;1-2H2. The number of Topliss-reactive ketones (excluding diaryl/α,β-unsaturated/α-hetero) is 2. The molecule has 0 unspecified atom stereocenters. The molecule has 0 saturated carbocycles. The molecule has 0 radical (unpaired) electrons. The van der Waals surface area contributed by atoms with Crippen molar-refractivity contribution in [3.05, 3.63) is 90.7 Å². The molecule has 0 aliphatic rings. The Morgan fingerprint density at radius 2 is 1.50 bits per heavy atom. The molecule has 0 fully saturated rings. The van der Waals surface area contributed by atoms with Gasteiger partial charge in [-0.2, -0.15) is 0 Å². The Balaban J connectivity index is 0. The molecule has 0 atom stereocenters. The second kappa shape index (κ2) is 17.3. The monoisotopic (exact) mass is 437 g/mol. The number of allylic oxidation sites excluding steroid dienone is 1. The summed E-state index contributed by atoms with van der Waals surface area (Å²) >= 11 is 0. The maximum Gasteiger partial charge on any atom is 0.175 e. The van der Waals surface area contributed by atoms with Crippen LogP contribution in [0.3, 0.4) is 0 Å². The van der Waals surface area contributed by atoms with Crippen molar-refractivity contribution in [3.63, 3.8) is 0 Å². The number of aryl methyl sites for hydroxylation is 2. The fraction of sp³-hybridized carbons (Fsp3) is 0.286. The number of carbonyl (C=O) groups is 2. The summed E-state index contributed by atoms with van der Waals surface area (Å²) in [6.45, 7) is 22.3. The average molecular weight is 438 g/mol. The lowest BCUT2D eigenvalue weighted by molar-refractivity contribution is 0.100. The minimum Gasteiger partial charge on any atom is -0.497 e. The number of hydrogen-bond acceptors (Lipinski definition) is 3. The Morgan fingerprint density at radius 1 is 0.938 bits per heavy atom. The molecule has 174 valence electrons. The first kappa shape index (κ1) is 30.8. The topological polar surface area (TPSA) is 59.2 Å². The van der Waals surface area contributed by atoms with Gasteiger partial charge in [-0.3, -0.25) is 9.59 Å². The first-order valence-electron chi connectivity index (χ1n) is 10.6. The molecule has 0 aliphatic heterocycles. The molecular formula is C28H39NO3. The van der Waals surface area contributed by atoms with E-state index in [0.29, 0.717) is 5.69 Å². The van der Waals surface area contributed by atoms with E-state index < -0.39 is 0 Å². The summed E-state index contributed by atoms with van der Waals surface area (Å²) in [6, 6.07) is 13.4. The van der Waals surface area contributed by atoms with Crippen molar-refractivity contribution in [1.29, 1.82) is 0 Å². The van der Waals surface area contributed by atoms with Gasteiger partial charge < -0.3 is 9.72 Å². The van der Waals surface area contributed by atoms with Crippen molar-refractivity contribution in [3.8, 4) is 5.75 Å². The van der Waals surface area contributed by atoms with Crippen LogP contribution in [0.15, 0.2) is 68.3 Å². The number of H-pyrrole nitrogens is 1. The molecule has 2 aromatic carbocycles. The molecule has 0 aliphatic carbocycles. The van der Waals surface area contributed by atoms with Gasteiger partial charge in [-0.15, -0.1) is 19.7 Å². The van der Waals surface area contributed by atoms with E-state index in [1.54, 1.807) is 27.0 Å². The van der Waals surface area contributed by atoms with E-state index in [-0.39, 0.29) is 11.6 Å². The van der Waals surface area contributed by atoms with E-state index >= 15 is 0 Å². The van der Waals surface area contributed by atoms with Gasteiger partial charge in [-0.1, -0.05) is 37.6 Å². The zero-order valence-electron chi connectivity index (χ0n) is 21.0. The van der Waals surface area contributed by atoms with Gasteiger partial charge >= 0.3 is 0 Å². The minimum absolute atomic E-state index is 0.0418. The fourth-order valence-electron chi connectivity index (χ4n) is 2.54. The predicted molar refractivity (Wildman–Crippen MR) is 139 cm³/mol. The van der Waals surface area contributed by atoms with Crippen molar-refractivity contribution >= 4 is 22.5 Å². The van der Waals surface area contributed by atoms with E-state index in [0.717, 1.165) is 33.3 Å². The molecule has 0 spiro atoms. The number of fused-ring (bicyclic) bond motifs is 1. The van der Waals surface area contributed by atoms with Crippen molar-refractivity contribution in [1.82, 2.24) is 4.98 Å². The maximum absolute atomic E-state index is 11.1. The third-order valence-electron chi connectivity index (χ3n) is 3.98. The normalized spacial score (nSPS) is 8.62. The molecule has 3 rings (SSSR count). The van der Waals surface area contributed by atoms with Crippen LogP contribution in [0.25, 0.3) is 10.9 Å². The highest BCUT2D eigenvalue weighted by atomic mass is 16.5. The summed E-state index contributed by atoms with van der Waals surface area (Å²) in [4.78, 5) is 25.2. The summed E-state index contributed by atoms with van der Waals surface area (Å²) in [5.74, 6) is 0.984. The number of ether oxygens (including phenoxy) is 1. The lowest BCUT2D eigenvalue weighted by atomic mass is 10.0. The molecule has 0 saturated heterocycles. The van der Waals surface area contributed by atoms with Crippen LogP contribution in [0.4, 0.5) is 0 Å². The molecule has 1 heterocycles. The Kier molecular flexibility index (Phi) is 16.6. The Bertz CT molecular complexity index is 984. The molecule has 0 amide bonds. The third-order valence-corrected chi connectivity index (χ3v) is 3.98. The van der Waals surface area contributed by atoms with Gasteiger partial charge in [0.25, 0.3) is 0 Å². The Hall–Kier alpha value is -3.40. The summed E-state index contributed by atoms with van der Waals surface area (Å²) < 4.78 is 5.09. The van der Waals surface area contributed by atoms with E-state index in [1.807, 2.05) is 77.1 Å². The zero-order valence-corrected chi connectivity index (χ0v) is 21.0. The van der Waals surface area contributed by atoms with Crippen LogP contribution in [-0.4, -0.2) is 23.7 Å². The van der Waals surface area contributed by atoms with Gasteiger partial charge in [0.2, 0.25) is 0 Å². The minimum atomic E-state index is 0.0418. The lowest BCUT2D eigenvalue weighted by Crippen LogP contribution is -1.95. The molecule has 4 nitrogen and oxygen atoms in total. The summed E-state index contributed by atoms with van der Waals surface area (Å²) in [7, 11) is 1.62. The van der Waals surface area contributed by atoms with Crippen molar-refractivity contribution in [2.24, 2.45) is 0 Å². The van der Waals surface area contributed by atoms with Crippen LogP contribution in [0.1, 0.15) is 66.6 Å². The highest BCUT2D eigenvalue weighted by Gasteiger charge is 2.05. The predicted octanol–water partition coefficient (Wildman–Crippen LogP) is 7.91. The number of aromatic nitrogens is 1. The number of hydrogen-bond donors (Lipinski definition) is 1. The molecule has 1 aromatic heterocycles. The van der Waals surface area contributed by atoms with Crippen LogP contribution < -0.4 is 4.74 Å². The van der Waals surface area contributed by atoms with Gasteiger partial charge in [0.05, 0.1) is 12.8 Å². The quantitative estimate of drug-likeness (QED) is 0.334. The van der Waals surface area contributed by atoms with Gasteiger partial charge in [0.15, 0.2) is 11.6 Å². The number of nitrogens with one attached hydrogen (secondary N) is 1. The number of carbonyl (C=O) groups excluding carboxylic acids is 2. The van der Waals surface area contributed by atoms with Gasteiger partial charge in [0.1, 0.15) is 5.75 Å². The van der Waals surface area contributed by atoms with Crippen LogP contribution in [-0.2, 0) is 0 Å². The number of ketones is 2. The smallest absolute Gasteiger partial charge is 0.175 e. The first-order chi connectivity index (χ1) is 15.2. The van der Waals surface area contributed by atoms with Gasteiger partial charge in [0, 0.05) is 23.4 Å². The van der Waals surface area contributed by atoms with Crippen LogP contribution in [0, 0.1) is 13.8 Å². The number of aromatic amines is 1. The molecule has 3 aromatic rings. The highest BCUT2D eigenvalue weighted by Crippen LogP contribution is 2.21. The summed E-state index contributed by atoms with van der Waals surface area (Å²) in [5.41, 5.74) is 4.62. The molecule has 4 heteroatoms. The molecule has 1 N–H and O–H groups in total. The second-order valence-electron chi connectivity index (χ2n) is 6.48. The Morgan fingerprint density at radius 3 is 1.94 bits per heavy atom. The van der Waals surface area contributed by atoms with E-state index in [1.165, 1.54) is 0 Å². The number of methoxy groups -OCH3 is 1. The van der Waals surface area contributed by atoms with Gasteiger partial charge in [-0.05, 0) is 63.6 Å². The van der Waals surface area contributed by atoms with Crippen LogP contribution >= 0.6 is 0 Å². The van der Waals surface area contributed by atoms with Crippen LogP contribution in [0.2, 0.25) is 0 Å². The molecule has 0 bridgehead atoms. The molecule has 32 heavy (non-hydrogen) atoms. The van der Waals surface area contributed by atoms with Crippen LogP contribution in [0.5, 0.6) is 5.75 Å². The first-order valence-corrected chi connectivity index (χ1v) is 10.6. The second-order valence-corrected chi connectivity index (χ2v) is 6.48. The number of benzene rings is 2. The largest absolute Gasteiger partial charge is 0.497 e. The third kappa shape index (κ3) is 10.6. The van der Waals surface area contributed by atoms with Gasteiger partial charge in [-0.25, -0.2) is 0 Å². The van der Waals surface area contributed by atoms with Crippen molar-refractivity contribution < 1.29 is 14.3 Å². The van der Waals surface area contributed by atoms with E-state index in [9.17, 15) is 9.59 Å². The molecular weight excluding hydrogens is 398 g/mol. The fourth-order valence-corrected chi connectivity index (χ4v) is 2.54. The number of rotatable bonds is 3. The summed E-state index contributed by atoms with van der Waals surface area (Å²) in [6.07, 6.45) is 1.75. The lowest BCUT2D eigenvalue weighted by Gasteiger charge is -2.01. The van der Waals surface area contributed by atoms with E-state index in [2.05, 4.69) is 24.7 Å². The zero-order chi connectivity index (χ0) is 25.3. The maximum atomic E-state index is 11.1. The average Bonchev–Trinajstić information content (AvgIpc) is 3.23. The highest BCUT2D eigenvalue weighted by molar-refractivity contribution is 5.98. The van der Waals surface area contributed by atoms with Crippen molar-refractivity contribution in [2.45, 2.75) is 48.5 Å². The van der Waals surface area contributed by atoms with Crippen molar-refractivity contribution in [2.75, 3.05) is 7.11 Å². The van der Waals surface area contributed by atoms with E-state index in [4.69, 9.17) is 4.74 Å². The SMILES string of the molecule is C=C.C=CC.CC.CC(=O)c1cc(C)ccc1C.COc1ccc2[nH]c(C(C)=O)cc2c1. The summed E-state index contributed by atoms with van der Waals surface area (Å²) in [5, 5.41) is 0.995.